The van der Waals surface area contributed by atoms with Crippen LogP contribution in [0.5, 0.6) is 0 Å². The van der Waals surface area contributed by atoms with Crippen molar-refractivity contribution >= 4 is 5.91 Å². The summed E-state index contributed by atoms with van der Waals surface area (Å²) in [6, 6.07) is 3.90. The first-order valence-corrected chi connectivity index (χ1v) is 5.50. The molecule has 0 N–H and O–H groups in total. The maximum atomic E-state index is 11.8. The summed E-state index contributed by atoms with van der Waals surface area (Å²) in [6.07, 6.45) is 2.72. The highest BCUT2D eigenvalue weighted by Crippen LogP contribution is 2.28. The van der Waals surface area contributed by atoms with Gasteiger partial charge in [0.05, 0.1) is 6.26 Å². The highest BCUT2D eigenvalue weighted by molar-refractivity contribution is 5.78. The zero-order chi connectivity index (χ0) is 10.8. The third-order valence-corrected chi connectivity index (χ3v) is 2.94. The van der Waals surface area contributed by atoms with Crippen molar-refractivity contribution < 1.29 is 9.21 Å². The first-order valence-electron chi connectivity index (χ1n) is 5.50. The number of likely N-dealkylation sites (tertiary alicyclic amines) is 1. The molecule has 1 aliphatic rings. The second kappa shape index (κ2) is 4.09. The van der Waals surface area contributed by atoms with Crippen LogP contribution in [0, 0.1) is 5.92 Å². The summed E-state index contributed by atoms with van der Waals surface area (Å²) in [5.74, 6) is 1.75. The molecule has 0 radical (unpaired) electrons. The largest absolute Gasteiger partial charge is 0.469 e. The maximum absolute atomic E-state index is 11.8. The minimum absolute atomic E-state index is 0.0975. The lowest BCUT2D eigenvalue weighted by Crippen LogP contribution is -2.31. The first kappa shape index (κ1) is 10.3. The van der Waals surface area contributed by atoms with Gasteiger partial charge >= 0.3 is 0 Å². The molecule has 3 heteroatoms. The van der Waals surface area contributed by atoms with E-state index in [-0.39, 0.29) is 11.8 Å². The molecule has 1 unspecified atom stereocenters. The van der Waals surface area contributed by atoms with E-state index in [1.807, 2.05) is 30.9 Å². The minimum atomic E-state index is 0.0975. The molecule has 1 aromatic heterocycles. The Labute approximate surface area is 90.1 Å². The highest BCUT2D eigenvalue weighted by Gasteiger charge is 2.29. The van der Waals surface area contributed by atoms with Gasteiger partial charge < -0.3 is 9.32 Å². The van der Waals surface area contributed by atoms with Gasteiger partial charge in [0.15, 0.2) is 0 Å². The van der Waals surface area contributed by atoms with Crippen molar-refractivity contribution in [2.45, 2.75) is 26.2 Å². The fraction of sp³-hybridized carbons (Fsp3) is 0.583. The summed E-state index contributed by atoms with van der Waals surface area (Å²) in [5.41, 5.74) is 0. The number of carbonyl (C=O) groups is 1. The predicted octanol–water partition coefficient (Wildman–Crippen LogP) is 2.25. The molecule has 1 saturated heterocycles. The van der Waals surface area contributed by atoms with Gasteiger partial charge in [0.2, 0.25) is 5.91 Å². The van der Waals surface area contributed by atoms with Gasteiger partial charge in [0, 0.05) is 24.9 Å². The molecule has 1 aliphatic heterocycles. The van der Waals surface area contributed by atoms with Gasteiger partial charge in [-0.2, -0.15) is 0 Å². The lowest BCUT2D eigenvalue weighted by atomic mass is 10.1. The van der Waals surface area contributed by atoms with Gasteiger partial charge in [-0.15, -0.1) is 0 Å². The van der Waals surface area contributed by atoms with E-state index in [1.165, 1.54) is 0 Å². The lowest BCUT2D eigenvalue weighted by molar-refractivity contribution is -0.133. The number of hydrogen-bond donors (Lipinski definition) is 0. The number of furan rings is 1. The number of hydrogen-bond acceptors (Lipinski definition) is 2. The molecule has 1 amide bonds. The van der Waals surface area contributed by atoms with Crippen molar-refractivity contribution in [1.82, 2.24) is 4.90 Å². The molecule has 0 aromatic carbocycles. The average molecular weight is 207 g/mol. The van der Waals surface area contributed by atoms with Crippen LogP contribution < -0.4 is 0 Å². The Kier molecular flexibility index (Phi) is 2.80. The molecule has 1 fully saturated rings. The number of rotatable bonds is 2. The van der Waals surface area contributed by atoms with Crippen LogP contribution in [0.4, 0.5) is 0 Å². The van der Waals surface area contributed by atoms with E-state index in [0.717, 1.165) is 25.3 Å². The Morgan fingerprint density at radius 3 is 3.00 bits per heavy atom. The van der Waals surface area contributed by atoms with E-state index in [0.29, 0.717) is 5.92 Å². The first-order chi connectivity index (χ1) is 7.18. The average Bonchev–Trinajstić information content (AvgIpc) is 2.86. The third kappa shape index (κ3) is 2.06. The molecule has 0 aliphatic carbocycles. The van der Waals surface area contributed by atoms with Crippen molar-refractivity contribution in [1.29, 1.82) is 0 Å². The van der Waals surface area contributed by atoms with Crippen LogP contribution in [0.15, 0.2) is 22.8 Å². The summed E-state index contributed by atoms with van der Waals surface area (Å²) < 4.78 is 5.37. The molecule has 0 saturated carbocycles. The van der Waals surface area contributed by atoms with E-state index < -0.39 is 0 Å². The fourth-order valence-electron chi connectivity index (χ4n) is 2.08. The van der Waals surface area contributed by atoms with Crippen molar-refractivity contribution in [3.05, 3.63) is 24.2 Å². The zero-order valence-corrected chi connectivity index (χ0v) is 9.27. The molecule has 1 atom stereocenters. The predicted molar refractivity (Wildman–Crippen MR) is 57.5 cm³/mol. The van der Waals surface area contributed by atoms with E-state index >= 15 is 0 Å². The van der Waals surface area contributed by atoms with Crippen molar-refractivity contribution in [2.75, 3.05) is 13.1 Å². The van der Waals surface area contributed by atoms with E-state index in [2.05, 4.69) is 0 Å². The van der Waals surface area contributed by atoms with Gasteiger partial charge in [-0.1, -0.05) is 13.8 Å². The molecule has 15 heavy (non-hydrogen) atoms. The monoisotopic (exact) mass is 207 g/mol. The quantitative estimate of drug-likeness (QED) is 0.745. The van der Waals surface area contributed by atoms with E-state index in [1.54, 1.807) is 6.26 Å². The van der Waals surface area contributed by atoms with Crippen LogP contribution in [0.3, 0.4) is 0 Å². The topological polar surface area (TPSA) is 33.5 Å². The molecule has 2 heterocycles. The Morgan fingerprint density at radius 1 is 1.60 bits per heavy atom. The molecular formula is C12H17NO2. The van der Waals surface area contributed by atoms with Gasteiger partial charge in [0.1, 0.15) is 5.76 Å². The summed E-state index contributed by atoms with van der Waals surface area (Å²) >= 11 is 0. The SMILES string of the molecule is CC(C)C(=O)N1CCC(c2ccco2)C1. The van der Waals surface area contributed by atoms with Crippen molar-refractivity contribution in [2.24, 2.45) is 5.92 Å². The van der Waals surface area contributed by atoms with E-state index in [9.17, 15) is 4.79 Å². The fourth-order valence-corrected chi connectivity index (χ4v) is 2.08. The number of amides is 1. The normalized spacial score (nSPS) is 21.3. The summed E-state index contributed by atoms with van der Waals surface area (Å²) in [6.45, 7) is 5.57. The second-order valence-corrected chi connectivity index (χ2v) is 4.44. The van der Waals surface area contributed by atoms with Gasteiger partial charge in [-0.05, 0) is 18.6 Å². The molecule has 0 spiro atoms. The number of nitrogens with zero attached hydrogens (tertiary/aromatic N) is 1. The standard InChI is InChI=1S/C12H17NO2/c1-9(2)12(14)13-6-5-10(8-13)11-4-3-7-15-11/h3-4,7,9-10H,5-6,8H2,1-2H3. The molecule has 0 bridgehead atoms. The third-order valence-electron chi connectivity index (χ3n) is 2.94. The van der Waals surface area contributed by atoms with Crippen LogP contribution in [0.2, 0.25) is 0 Å². The van der Waals surface area contributed by atoms with Crippen LogP contribution in [-0.2, 0) is 4.79 Å². The number of carbonyl (C=O) groups excluding carboxylic acids is 1. The van der Waals surface area contributed by atoms with Crippen molar-refractivity contribution in [3.63, 3.8) is 0 Å². The Morgan fingerprint density at radius 2 is 2.40 bits per heavy atom. The molecule has 1 aromatic rings. The Hall–Kier alpha value is -1.25. The van der Waals surface area contributed by atoms with Crippen LogP contribution >= 0.6 is 0 Å². The molecule has 3 nitrogen and oxygen atoms in total. The molecule has 2 rings (SSSR count). The molecule has 82 valence electrons. The second-order valence-electron chi connectivity index (χ2n) is 4.44. The van der Waals surface area contributed by atoms with Gasteiger partial charge in [-0.3, -0.25) is 4.79 Å². The van der Waals surface area contributed by atoms with E-state index in [4.69, 9.17) is 4.42 Å². The lowest BCUT2D eigenvalue weighted by Gasteiger charge is -2.18. The highest BCUT2D eigenvalue weighted by atomic mass is 16.3. The maximum Gasteiger partial charge on any atom is 0.225 e. The van der Waals surface area contributed by atoms with Crippen LogP contribution in [0.25, 0.3) is 0 Å². The summed E-state index contributed by atoms with van der Waals surface area (Å²) in [5, 5.41) is 0. The van der Waals surface area contributed by atoms with Gasteiger partial charge in [-0.25, -0.2) is 0 Å². The van der Waals surface area contributed by atoms with Gasteiger partial charge in [0.25, 0.3) is 0 Å². The smallest absolute Gasteiger partial charge is 0.225 e. The van der Waals surface area contributed by atoms with Crippen molar-refractivity contribution in [3.8, 4) is 0 Å². The summed E-state index contributed by atoms with van der Waals surface area (Å²) in [4.78, 5) is 13.7. The zero-order valence-electron chi connectivity index (χ0n) is 9.27. The van der Waals surface area contributed by atoms with Crippen LogP contribution in [0.1, 0.15) is 31.9 Å². The molecular weight excluding hydrogens is 190 g/mol. The minimum Gasteiger partial charge on any atom is -0.469 e. The Bertz CT molecular complexity index is 329. The Balaban J connectivity index is 1.98. The summed E-state index contributed by atoms with van der Waals surface area (Å²) in [7, 11) is 0. The van der Waals surface area contributed by atoms with Crippen LogP contribution in [-0.4, -0.2) is 23.9 Å².